The Labute approximate surface area is 259 Å². The molecule has 2 amide bonds. The van der Waals surface area contributed by atoms with E-state index in [0.29, 0.717) is 62.3 Å². The second-order valence-corrected chi connectivity index (χ2v) is 11.7. The summed E-state index contributed by atoms with van der Waals surface area (Å²) < 4.78 is 17.8. The van der Waals surface area contributed by atoms with Gasteiger partial charge in [-0.15, -0.1) is 0 Å². The Morgan fingerprint density at radius 3 is 2.16 bits per heavy atom. The van der Waals surface area contributed by atoms with Crippen molar-refractivity contribution in [3.63, 3.8) is 0 Å². The number of aliphatic hydroxyl groups excluding tert-OH is 1. The first kappa shape index (κ1) is 28.8. The van der Waals surface area contributed by atoms with Crippen LogP contribution in [0.3, 0.4) is 0 Å². The number of oxazole rings is 2. The van der Waals surface area contributed by atoms with Crippen molar-refractivity contribution >= 4 is 17.8 Å². The summed E-state index contributed by atoms with van der Waals surface area (Å²) in [7, 11) is 0. The maximum absolute atomic E-state index is 13.2. The Kier molecular flexibility index (Phi) is 7.80. The van der Waals surface area contributed by atoms with Gasteiger partial charge in [0, 0.05) is 43.0 Å². The van der Waals surface area contributed by atoms with Crippen molar-refractivity contribution in [1.29, 1.82) is 0 Å². The fourth-order valence-corrected chi connectivity index (χ4v) is 6.07. The highest BCUT2D eigenvalue weighted by Gasteiger charge is 2.37. The van der Waals surface area contributed by atoms with Crippen LogP contribution in [0.15, 0.2) is 74.6 Å². The molecule has 4 aromatic rings. The Balaban J connectivity index is 0.972. The maximum atomic E-state index is 13.2. The van der Waals surface area contributed by atoms with Gasteiger partial charge in [-0.2, -0.15) is 5.10 Å². The number of rotatable bonds is 7. The predicted octanol–water partition coefficient (Wildman–Crippen LogP) is 4.14. The van der Waals surface area contributed by atoms with Crippen molar-refractivity contribution in [2.24, 2.45) is 11.0 Å². The summed E-state index contributed by atoms with van der Waals surface area (Å²) >= 11 is 0. The van der Waals surface area contributed by atoms with E-state index in [1.165, 1.54) is 0 Å². The number of cyclic esters (lactones) is 1. The largest absolute Gasteiger partial charge is 0.439 e. The average molecular weight is 611 g/mol. The van der Waals surface area contributed by atoms with Crippen molar-refractivity contribution in [3.8, 4) is 22.9 Å². The minimum atomic E-state index is -1.20. The third-order valence-corrected chi connectivity index (χ3v) is 8.59. The normalized spacial score (nSPS) is 19.1. The van der Waals surface area contributed by atoms with Gasteiger partial charge in [-0.25, -0.2) is 20.2 Å². The van der Waals surface area contributed by atoms with Crippen LogP contribution in [-0.4, -0.2) is 68.0 Å². The topological polar surface area (TPSA) is 147 Å². The van der Waals surface area contributed by atoms with E-state index in [9.17, 15) is 14.7 Å². The molecule has 0 fully saturated rings. The molecule has 0 saturated heterocycles. The zero-order valence-corrected chi connectivity index (χ0v) is 24.9. The van der Waals surface area contributed by atoms with Crippen LogP contribution in [0.1, 0.15) is 42.7 Å². The molecule has 5 heterocycles. The lowest BCUT2D eigenvalue weighted by atomic mass is 9.94. The zero-order valence-electron chi connectivity index (χ0n) is 24.9. The van der Waals surface area contributed by atoms with E-state index in [4.69, 9.17) is 18.6 Å². The Bertz CT molecular complexity index is 1720. The van der Waals surface area contributed by atoms with E-state index in [1.807, 2.05) is 72.5 Å². The summed E-state index contributed by atoms with van der Waals surface area (Å²) in [5, 5.41) is 15.3. The number of hydrazone groups is 1. The molecule has 12 nitrogen and oxygen atoms in total. The molecule has 3 aliphatic rings. The first-order chi connectivity index (χ1) is 21.9. The lowest BCUT2D eigenvalue weighted by Gasteiger charge is -2.36. The fourth-order valence-electron chi connectivity index (χ4n) is 6.07. The van der Waals surface area contributed by atoms with E-state index in [0.717, 1.165) is 28.3 Å². The van der Waals surface area contributed by atoms with Gasteiger partial charge in [0.05, 0.1) is 24.5 Å². The molecular weight excluding hydrogens is 576 g/mol. The first-order valence-electron chi connectivity index (χ1n) is 15.3. The number of benzene rings is 2. The summed E-state index contributed by atoms with van der Waals surface area (Å²) in [5.41, 5.74) is 5.96. The standard InChI is InChI=1S/C33H34N6O6/c1-20(12-13-25(40)32(41)39-17-15-24-27(19-39)44-31(35-24)22-10-6-3-7-11-22)28-29(36-37-33(42)45-28)38-16-14-23-26(18-38)43-30(34-23)21-8-4-2-5-9-21/h2-11,20,25,28,40H,12-19H2,1H3,(H,37,42). The van der Waals surface area contributed by atoms with Gasteiger partial charge in [0.25, 0.3) is 5.91 Å². The number of aromatic nitrogens is 2. The van der Waals surface area contributed by atoms with Gasteiger partial charge >= 0.3 is 6.09 Å². The van der Waals surface area contributed by atoms with Crippen LogP contribution in [0.25, 0.3) is 22.9 Å². The lowest BCUT2D eigenvalue weighted by molar-refractivity contribution is -0.142. The lowest BCUT2D eigenvalue weighted by Crippen LogP contribution is -2.51. The third-order valence-electron chi connectivity index (χ3n) is 8.59. The van der Waals surface area contributed by atoms with Gasteiger partial charge in [-0.1, -0.05) is 43.3 Å². The number of amides is 2. The van der Waals surface area contributed by atoms with Crippen LogP contribution in [0.5, 0.6) is 0 Å². The van der Waals surface area contributed by atoms with Crippen LogP contribution < -0.4 is 5.43 Å². The van der Waals surface area contributed by atoms with Crippen LogP contribution in [0.4, 0.5) is 4.79 Å². The fraction of sp³-hybridized carbons (Fsp3) is 0.364. The zero-order chi connectivity index (χ0) is 30.9. The van der Waals surface area contributed by atoms with Crippen LogP contribution in [0.2, 0.25) is 0 Å². The molecule has 7 rings (SSSR count). The summed E-state index contributed by atoms with van der Waals surface area (Å²) in [4.78, 5) is 38.4. The SMILES string of the molecule is CC(CCC(O)C(=O)N1CCc2nc(-c3ccccc3)oc2C1)C1OC(=O)NN=C1N1CCc2nc(-c3ccccc3)oc2C1. The summed E-state index contributed by atoms with van der Waals surface area (Å²) in [5.74, 6) is 2.50. The number of aliphatic hydroxyl groups is 1. The molecular formula is C33H34N6O6. The predicted molar refractivity (Wildman–Crippen MR) is 162 cm³/mol. The third kappa shape index (κ3) is 5.93. The summed E-state index contributed by atoms with van der Waals surface area (Å²) in [6.07, 6.45) is -0.640. The van der Waals surface area contributed by atoms with Gasteiger partial charge in [-0.3, -0.25) is 4.79 Å². The molecule has 2 aromatic heterocycles. The molecule has 45 heavy (non-hydrogen) atoms. The Morgan fingerprint density at radius 2 is 1.51 bits per heavy atom. The highest BCUT2D eigenvalue weighted by atomic mass is 16.6. The average Bonchev–Trinajstić information content (AvgIpc) is 3.71. The number of hydrogen-bond donors (Lipinski definition) is 2. The molecule has 0 spiro atoms. The highest BCUT2D eigenvalue weighted by molar-refractivity contribution is 5.91. The van der Waals surface area contributed by atoms with Crippen LogP contribution >= 0.6 is 0 Å². The number of ether oxygens (including phenoxy) is 1. The molecule has 0 bridgehead atoms. The number of carbonyl (C=O) groups is 2. The van der Waals surface area contributed by atoms with Gasteiger partial charge < -0.3 is 28.5 Å². The second-order valence-electron chi connectivity index (χ2n) is 11.7. The highest BCUT2D eigenvalue weighted by Crippen LogP contribution is 2.30. The van der Waals surface area contributed by atoms with E-state index in [-0.39, 0.29) is 24.8 Å². The smallest absolute Gasteiger partial charge is 0.428 e. The van der Waals surface area contributed by atoms with E-state index in [2.05, 4.69) is 15.5 Å². The molecule has 3 aliphatic heterocycles. The molecule has 12 heteroatoms. The van der Waals surface area contributed by atoms with Crippen LogP contribution in [0, 0.1) is 5.92 Å². The number of amidine groups is 1. The molecule has 2 N–H and O–H groups in total. The quantitative estimate of drug-likeness (QED) is 0.315. The summed E-state index contributed by atoms with van der Waals surface area (Å²) in [6, 6.07) is 19.4. The molecule has 2 aromatic carbocycles. The molecule has 3 atom stereocenters. The Morgan fingerprint density at radius 1 is 0.911 bits per heavy atom. The molecule has 232 valence electrons. The van der Waals surface area contributed by atoms with E-state index < -0.39 is 18.3 Å². The number of nitrogens with one attached hydrogen (secondary N) is 1. The molecule has 0 saturated carbocycles. The number of nitrogens with zero attached hydrogens (tertiary/aromatic N) is 5. The van der Waals surface area contributed by atoms with Crippen molar-refractivity contribution in [2.45, 2.75) is 57.9 Å². The first-order valence-corrected chi connectivity index (χ1v) is 15.3. The van der Waals surface area contributed by atoms with Crippen LogP contribution in [-0.2, 0) is 35.5 Å². The van der Waals surface area contributed by atoms with Crippen molar-refractivity contribution in [3.05, 3.63) is 83.6 Å². The van der Waals surface area contributed by atoms with Gasteiger partial charge in [0.2, 0.25) is 11.8 Å². The summed E-state index contributed by atoms with van der Waals surface area (Å²) in [6.45, 7) is 3.70. The van der Waals surface area contributed by atoms with Crippen molar-refractivity contribution in [2.75, 3.05) is 13.1 Å². The number of carbonyl (C=O) groups excluding carboxylic acids is 2. The van der Waals surface area contributed by atoms with E-state index >= 15 is 0 Å². The minimum Gasteiger partial charge on any atom is -0.439 e. The monoisotopic (exact) mass is 610 g/mol. The van der Waals surface area contributed by atoms with Gasteiger partial charge in [-0.05, 0) is 37.1 Å². The van der Waals surface area contributed by atoms with E-state index in [1.54, 1.807) is 4.90 Å². The Hall–Kier alpha value is -4.97. The maximum Gasteiger partial charge on any atom is 0.428 e. The molecule has 0 radical (unpaired) electrons. The van der Waals surface area contributed by atoms with Gasteiger partial charge in [0.15, 0.2) is 11.9 Å². The number of fused-ring (bicyclic) bond motifs is 2. The van der Waals surface area contributed by atoms with Crippen molar-refractivity contribution in [1.82, 2.24) is 25.2 Å². The minimum absolute atomic E-state index is 0.205. The molecule has 0 aliphatic carbocycles. The van der Waals surface area contributed by atoms with Gasteiger partial charge in [0.1, 0.15) is 17.6 Å². The molecule has 3 unspecified atom stereocenters. The number of hydrogen-bond acceptors (Lipinski definition) is 10. The second kappa shape index (κ2) is 12.2. The van der Waals surface area contributed by atoms with Crippen molar-refractivity contribution < 1.29 is 28.3 Å².